The van der Waals surface area contributed by atoms with Crippen LogP contribution in [0.15, 0.2) is 48.7 Å². The number of carbonyl (C=O) groups is 1. The normalized spacial score (nSPS) is 10.9. The number of para-hydroxylation sites is 1. The molecule has 5 heteroatoms. The van der Waals surface area contributed by atoms with Crippen LogP contribution in [-0.4, -0.2) is 10.5 Å². The Morgan fingerprint density at radius 2 is 1.95 bits per heavy atom. The molecule has 0 bridgehead atoms. The van der Waals surface area contributed by atoms with Gasteiger partial charge in [-0.3, -0.25) is 4.79 Å². The van der Waals surface area contributed by atoms with Crippen molar-refractivity contribution in [1.82, 2.24) is 4.57 Å². The Morgan fingerprint density at radius 3 is 2.73 bits per heavy atom. The van der Waals surface area contributed by atoms with Crippen molar-refractivity contribution in [2.45, 2.75) is 6.42 Å². The average Bonchev–Trinajstić information content (AvgIpc) is 2.79. The van der Waals surface area contributed by atoms with E-state index in [4.69, 9.17) is 23.2 Å². The van der Waals surface area contributed by atoms with E-state index in [1.54, 1.807) is 18.2 Å². The summed E-state index contributed by atoms with van der Waals surface area (Å²) < 4.78 is 2.02. The molecule has 0 aliphatic heterocycles. The van der Waals surface area contributed by atoms with Crippen molar-refractivity contribution in [2.75, 3.05) is 5.32 Å². The van der Waals surface area contributed by atoms with Crippen LogP contribution in [-0.2, 0) is 18.3 Å². The third kappa shape index (κ3) is 2.96. The number of hydrogen-bond donors (Lipinski definition) is 1. The molecular weight excluding hydrogens is 319 g/mol. The Hall–Kier alpha value is -1.97. The first-order valence-corrected chi connectivity index (χ1v) is 7.58. The van der Waals surface area contributed by atoms with Crippen molar-refractivity contribution >= 4 is 45.7 Å². The van der Waals surface area contributed by atoms with Gasteiger partial charge < -0.3 is 9.88 Å². The van der Waals surface area contributed by atoms with Gasteiger partial charge >= 0.3 is 0 Å². The monoisotopic (exact) mass is 332 g/mol. The van der Waals surface area contributed by atoms with Crippen LogP contribution in [0.1, 0.15) is 5.56 Å². The summed E-state index contributed by atoms with van der Waals surface area (Å²) in [4.78, 5) is 12.3. The molecule has 1 amide bonds. The summed E-state index contributed by atoms with van der Waals surface area (Å²) in [5.41, 5.74) is 2.66. The minimum Gasteiger partial charge on any atom is -0.350 e. The molecule has 3 rings (SSSR count). The molecule has 2 aromatic carbocycles. The Balaban J connectivity index is 1.81. The third-order valence-electron chi connectivity index (χ3n) is 3.54. The van der Waals surface area contributed by atoms with Gasteiger partial charge in [-0.05, 0) is 29.8 Å². The highest BCUT2D eigenvalue weighted by atomic mass is 35.5. The zero-order chi connectivity index (χ0) is 15.7. The molecule has 1 heterocycles. The minimum absolute atomic E-state index is 0.111. The number of rotatable bonds is 3. The number of aryl methyl sites for hydroxylation is 1. The molecule has 22 heavy (non-hydrogen) atoms. The highest BCUT2D eigenvalue weighted by Gasteiger charge is 2.12. The summed E-state index contributed by atoms with van der Waals surface area (Å²) in [7, 11) is 1.97. The van der Waals surface area contributed by atoms with Gasteiger partial charge in [0.05, 0.1) is 17.1 Å². The van der Waals surface area contributed by atoms with E-state index in [-0.39, 0.29) is 5.91 Å². The number of carbonyl (C=O) groups excluding carboxylic acids is 1. The lowest BCUT2D eigenvalue weighted by atomic mass is 10.1. The van der Waals surface area contributed by atoms with Crippen LogP contribution in [0.4, 0.5) is 5.69 Å². The molecule has 0 spiro atoms. The fraction of sp³-hybridized carbons (Fsp3) is 0.118. The summed E-state index contributed by atoms with van der Waals surface area (Å²) in [6.07, 6.45) is 2.27. The predicted octanol–water partition coefficient (Wildman–Crippen LogP) is 4.67. The average molecular weight is 333 g/mol. The first kappa shape index (κ1) is 14.9. The van der Waals surface area contributed by atoms with Crippen LogP contribution < -0.4 is 5.32 Å². The molecule has 1 aromatic heterocycles. The fourth-order valence-corrected chi connectivity index (χ4v) is 2.98. The van der Waals surface area contributed by atoms with Crippen molar-refractivity contribution in [3.05, 3.63) is 64.3 Å². The Bertz CT molecular complexity index is 855. The zero-order valence-electron chi connectivity index (χ0n) is 11.9. The van der Waals surface area contributed by atoms with Gasteiger partial charge in [0.2, 0.25) is 5.91 Å². The molecule has 0 radical (unpaired) electrons. The van der Waals surface area contributed by atoms with Crippen LogP contribution in [0.3, 0.4) is 0 Å². The first-order valence-electron chi connectivity index (χ1n) is 6.82. The summed E-state index contributed by atoms with van der Waals surface area (Å²) in [6, 6.07) is 13.0. The van der Waals surface area contributed by atoms with Crippen LogP contribution in [0.5, 0.6) is 0 Å². The van der Waals surface area contributed by atoms with E-state index in [1.165, 1.54) is 0 Å². The van der Waals surface area contributed by atoms with Gasteiger partial charge in [-0.1, -0.05) is 41.4 Å². The lowest BCUT2D eigenvalue weighted by Gasteiger charge is -2.07. The van der Waals surface area contributed by atoms with E-state index < -0.39 is 0 Å². The summed E-state index contributed by atoms with van der Waals surface area (Å²) in [6.45, 7) is 0. The molecule has 3 nitrogen and oxygen atoms in total. The third-order valence-corrected chi connectivity index (χ3v) is 4.08. The second kappa shape index (κ2) is 6.03. The first-order chi connectivity index (χ1) is 10.5. The molecular formula is C17H14Cl2N2O. The van der Waals surface area contributed by atoms with Gasteiger partial charge in [-0.2, -0.15) is 0 Å². The molecule has 3 aromatic rings. The highest BCUT2D eigenvalue weighted by molar-refractivity contribution is 6.36. The largest absolute Gasteiger partial charge is 0.350 e. The summed E-state index contributed by atoms with van der Waals surface area (Å²) in [5.74, 6) is -0.111. The Labute approximate surface area is 138 Å². The summed E-state index contributed by atoms with van der Waals surface area (Å²) in [5, 5.41) is 4.87. The van der Waals surface area contributed by atoms with Crippen molar-refractivity contribution in [2.24, 2.45) is 7.05 Å². The number of hydrogen-bond acceptors (Lipinski definition) is 1. The molecule has 0 unspecified atom stereocenters. The molecule has 1 N–H and O–H groups in total. The molecule has 0 fully saturated rings. The molecule has 0 aliphatic rings. The predicted molar refractivity (Wildman–Crippen MR) is 91.7 cm³/mol. The molecule has 0 aliphatic carbocycles. The smallest absolute Gasteiger partial charge is 0.228 e. The zero-order valence-corrected chi connectivity index (χ0v) is 13.4. The number of nitrogens with zero attached hydrogens (tertiary/aromatic N) is 1. The number of benzene rings is 2. The van der Waals surface area contributed by atoms with Crippen LogP contribution >= 0.6 is 23.2 Å². The quantitative estimate of drug-likeness (QED) is 0.743. The van der Waals surface area contributed by atoms with E-state index in [9.17, 15) is 4.79 Å². The van der Waals surface area contributed by atoms with Crippen LogP contribution in [0.2, 0.25) is 10.0 Å². The second-order valence-electron chi connectivity index (χ2n) is 5.13. The van der Waals surface area contributed by atoms with E-state index in [0.29, 0.717) is 22.2 Å². The number of anilines is 1. The van der Waals surface area contributed by atoms with Crippen LogP contribution in [0.25, 0.3) is 10.9 Å². The highest BCUT2D eigenvalue weighted by Crippen LogP contribution is 2.26. The Kier molecular flexibility index (Phi) is 4.10. The Morgan fingerprint density at radius 1 is 1.18 bits per heavy atom. The maximum atomic E-state index is 12.3. The van der Waals surface area contributed by atoms with Crippen molar-refractivity contribution in [3.63, 3.8) is 0 Å². The maximum absolute atomic E-state index is 12.3. The number of aromatic nitrogens is 1. The van der Waals surface area contributed by atoms with E-state index >= 15 is 0 Å². The lowest BCUT2D eigenvalue weighted by Crippen LogP contribution is -2.14. The van der Waals surface area contributed by atoms with Gasteiger partial charge in [0, 0.05) is 29.2 Å². The number of amides is 1. The number of halogens is 2. The van der Waals surface area contributed by atoms with Gasteiger partial charge in [0.15, 0.2) is 0 Å². The summed E-state index contributed by atoms with van der Waals surface area (Å²) >= 11 is 11.9. The topological polar surface area (TPSA) is 34.0 Å². The minimum atomic E-state index is -0.111. The number of fused-ring (bicyclic) bond motifs is 1. The SMILES string of the molecule is Cn1cc(CC(=O)Nc2ccc(Cl)cc2Cl)c2ccccc21. The van der Waals surface area contributed by atoms with E-state index in [1.807, 2.05) is 42.1 Å². The second-order valence-corrected chi connectivity index (χ2v) is 5.98. The van der Waals surface area contributed by atoms with E-state index in [2.05, 4.69) is 5.32 Å². The van der Waals surface area contributed by atoms with Gasteiger partial charge in [0.1, 0.15) is 0 Å². The lowest BCUT2D eigenvalue weighted by molar-refractivity contribution is -0.115. The van der Waals surface area contributed by atoms with Crippen molar-refractivity contribution < 1.29 is 4.79 Å². The van der Waals surface area contributed by atoms with Crippen molar-refractivity contribution in [1.29, 1.82) is 0 Å². The van der Waals surface area contributed by atoms with Gasteiger partial charge in [0.25, 0.3) is 0 Å². The van der Waals surface area contributed by atoms with Gasteiger partial charge in [-0.15, -0.1) is 0 Å². The molecule has 0 atom stereocenters. The van der Waals surface area contributed by atoms with E-state index in [0.717, 1.165) is 16.5 Å². The number of nitrogens with one attached hydrogen (secondary N) is 1. The van der Waals surface area contributed by atoms with Gasteiger partial charge in [-0.25, -0.2) is 0 Å². The molecule has 112 valence electrons. The van der Waals surface area contributed by atoms with Crippen molar-refractivity contribution in [3.8, 4) is 0 Å². The fourth-order valence-electron chi connectivity index (χ4n) is 2.52. The maximum Gasteiger partial charge on any atom is 0.228 e. The standard InChI is InChI=1S/C17H14Cl2N2O/c1-21-10-11(13-4-2-3-5-16(13)21)8-17(22)20-15-7-6-12(18)9-14(15)19/h2-7,9-10H,8H2,1H3,(H,20,22). The molecule has 0 saturated heterocycles. The molecule has 0 saturated carbocycles. The van der Waals surface area contributed by atoms with Crippen LogP contribution in [0, 0.1) is 0 Å².